The number of hydrogen-bond acceptors (Lipinski definition) is 5. The van der Waals surface area contributed by atoms with E-state index < -0.39 is 9.84 Å². The van der Waals surface area contributed by atoms with Gasteiger partial charge < -0.3 is 4.74 Å². The van der Waals surface area contributed by atoms with Crippen LogP contribution in [0.4, 0.5) is 0 Å². The lowest BCUT2D eigenvalue weighted by atomic mass is 10.2. The highest BCUT2D eigenvalue weighted by Gasteiger charge is 2.16. The van der Waals surface area contributed by atoms with E-state index >= 15 is 0 Å². The van der Waals surface area contributed by atoms with E-state index in [9.17, 15) is 8.42 Å². The molecule has 2 aromatic carbocycles. The largest absolute Gasteiger partial charge is 0.494 e. The summed E-state index contributed by atoms with van der Waals surface area (Å²) in [6.07, 6.45) is 0. The maximum Gasteiger partial charge on any atom is 0.160 e. The Balaban J connectivity index is 1.71. The first-order valence-electron chi connectivity index (χ1n) is 8.08. The lowest BCUT2D eigenvalue weighted by Gasteiger charge is -2.04. The van der Waals surface area contributed by atoms with Gasteiger partial charge in [-0.05, 0) is 48.9 Å². The van der Waals surface area contributed by atoms with E-state index in [1.807, 2.05) is 31.2 Å². The van der Waals surface area contributed by atoms with Gasteiger partial charge in [0.2, 0.25) is 0 Å². The van der Waals surface area contributed by atoms with Crippen molar-refractivity contribution in [2.24, 2.45) is 0 Å². The molecule has 0 aliphatic carbocycles. The molecule has 0 fully saturated rings. The van der Waals surface area contributed by atoms with Gasteiger partial charge in [-0.25, -0.2) is 13.4 Å². The molecule has 3 rings (SSSR count). The average Bonchev–Trinajstić information content (AvgIpc) is 3.03. The summed E-state index contributed by atoms with van der Waals surface area (Å²) in [6, 6.07) is 14.5. The smallest absolute Gasteiger partial charge is 0.160 e. The van der Waals surface area contributed by atoms with Crippen molar-refractivity contribution in [1.29, 1.82) is 0 Å². The number of thiazole rings is 1. The average molecular weight is 408 g/mol. The van der Waals surface area contributed by atoms with Gasteiger partial charge in [-0.1, -0.05) is 23.7 Å². The van der Waals surface area contributed by atoms with Gasteiger partial charge in [-0.3, -0.25) is 0 Å². The molecule has 136 valence electrons. The molecule has 0 N–H and O–H groups in total. The third-order valence-electron chi connectivity index (χ3n) is 3.61. The number of aromatic nitrogens is 1. The zero-order valence-electron chi connectivity index (χ0n) is 14.2. The minimum atomic E-state index is -3.32. The highest BCUT2D eigenvalue weighted by Crippen LogP contribution is 2.27. The van der Waals surface area contributed by atoms with Crippen LogP contribution in [0.5, 0.6) is 5.75 Å². The van der Waals surface area contributed by atoms with Crippen molar-refractivity contribution in [3.63, 3.8) is 0 Å². The first-order valence-corrected chi connectivity index (χ1v) is 11.2. The molecule has 3 aromatic rings. The Morgan fingerprint density at radius 3 is 2.58 bits per heavy atom. The molecule has 0 amide bonds. The molecule has 0 bridgehead atoms. The van der Waals surface area contributed by atoms with Crippen molar-refractivity contribution >= 4 is 32.8 Å². The van der Waals surface area contributed by atoms with Crippen LogP contribution in [0.2, 0.25) is 5.02 Å². The van der Waals surface area contributed by atoms with Gasteiger partial charge in [-0.15, -0.1) is 11.3 Å². The molecule has 1 heterocycles. The Hall–Kier alpha value is -1.89. The van der Waals surface area contributed by atoms with E-state index in [1.165, 1.54) is 11.3 Å². The summed E-state index contributed by atoms with van der Waals surface area (Å²) in [7, 11) is -3.32. The molecule has 0 saturated heterocycles. The lowest BCUT2D eigenvalue weighted by Crippen LogP contribution is -2.08. The fourth-order valence-corrected chi connectivity index (χ4v) is 5.06. The second-order valence-corrected chi connectivity index (χ2v) is 9.12. The Morgan fingerprint density at radius 2 is 1.88 bits per heavy atom. The van der Waals surface area contributed by atoms with Crippen molar-refractivity contribution < 1.29 is 13.2 Å². The molecule has 26 heavy (non-hydrogen) atoms. The number of halogens is 1. The van der Waals surface area contributed by atoms with Crippen molar-refractivity contribution in [3.05, 3.63) is 70.2 Å². The second-order valence-electron chi connectivity index (χ2n) is 5.76. The van der Waals surface area contributed by atoms with Crippen LogP contribution in [0, 0.1) is 0 Å². The Kier molecular flexibility index (Phi) is 5.96. The third-order valence-corrected chi connectivity index (χ3v) is 6.29. The fraction of sp³-hybridized carbons (Fsp3) is 0.211. The van der Waals surface area contributed by atoms with Gasteiger partial charge in [-0.2, -0.15) is 0 Å². The second kappa shape index (κ2) is 8.20. The molecule has 0 saturated carbocycles. The summed E-state index contributed by atoms with van der Waals surface area (Å²) in [4.78, 5) is 4.47. The van der Waals surface area contributed by atoms with E-state index in [1.54, 1.807) is 29.6 Å². The van der Waals surface area contributed by atoms with Crippen molar-refractivity contribution in [1.82, 2.24) is 4.98 Å². The van der Waals surface area contributed by atoms with Gasteiger partial charge in [0.05, 0.1) is 23.8 Å². The van der Waals surface area contributed by atoms with Crippen LogP contribution in [0.15, 0.2) is 53.9 Å². The van der Waals surface area contributed by atoms with E-state index in [-0.39, 0.29) is 11.5 Å². The first kappa shape index (κ1) is 18.9. The SMILES string of the molecule is CCOc1ccc(-c2nc(CS(=O)(=O)Cc3cccc(Cl)c3)cs2)cc1. The first-order chi connectivity index (χ1) is 12.4. The molecule has 0 radical (unpaired) electrons. The number of hydrogen-bond donors (Lipinski definition) is 0. The Morgan fingerprint density at radius 1 is 1.12 bits per heavy atom. The maximum atomic E-state index is 12.4. The third kappa shape index (κ3) is 5.06. The summed E-state index contributed by atoms with van der Waals surface area (Å²) in [5.74, 6) is 0.661. The molecule has 0 unspecified atom stereocenters. The molecule has 0 atom stereocenters. The number of sulfone groups is 1. The van der Waals surface area contributed by atoms with Crippen molar-refractivity contribution in [2.45, 2.75) is 18.4 Å². The number of rotatable bonds is 7. The van der Waals surface area contributed by atoms with Gasteiger partial charge in [0.25, 0.3) is 0 Å². The van der Waals surface area contributed by atoms with Crippen LogP contribution in [-0.4, -0.2) is 20.0 Å². The summed E-state index contributed by atoms with van der Waals surface area (Å²) < 4.78 is 30.3. The minimum Gasteiger partial charge on any atom is -0.494 e. The quantitative estimate of drug-likeness (QED) is 0.554. The highest BCUT2D eigenvalue weighted by molar-refractivity contribution is 7.89. The molecular weight excluding hydrogens is 390 g/mol. The summed E-state index contributed by atoms with van der Waals surface area (Å²) in [5, 5.41) is 3.12. The summed E-state index contributed by atoms with van der Waals surface area (Å²) in [6.45, 7) is 2.55. The van der Waals surface area contributed by atoms with E-state index in [4.69, 9.17) is 16.3 Å². The number of nitrogens with zero attached hydrogens (tertiary/aromatic N) is 1. The summed E-state index contributed by atoms with van der Waals surface area (Å²) in [5.41, 5.74) is 2.18. The fourth-order valence-electron chi connectivity index (χ4n) is 2.52. The van der Waals surface area contributed by atoms with Gasteiger partial charge in [0.1, 0.15) is 10.8 Å². The molecule has 0 spiro atoms. The zero-order chi connectivity index (χ0) is 18.6. The highest BCUT2D eigenvalue weighted by atomic mass is 35.5. The van der Waals surface area contributed by atoms with E-state index in [2.05, 4.69) is 4.98 Å². The maximum absolute atomic E-state index is 12.4. The van der Waals surface area contributed by atoms with Crippen LogP contribution in [0.3, 0.4) is 0 Å². The molecule has 1 aromatic heterocycles. The van der Waals surface area contributed by atoms with Crippen LogP contribution in [-0.2, 0) is 21.3 Å². The monoisotopic (exact) mass is 407 g/mol. The van der Waals surface area contributed by atoms with E-state index in [0.717, 1.165) is 16.3 Å². The predicted molar refractivity (Wildman–Crippen MR) is 106 cm³/mol. The van der Waals surface area contributed by atoms with Crippen LogP contribution in [0.25, 0.3) is 10.6 Å². The van der Waals surface area contributed by atoms with Gasteiger partial charge in [0.15, 0.2) is 9.84 Å². The summed E-state index contributed by atoms with van der Waals surface area (Å²) >= 11 is 7.36. The van der Waals surface area contributed by atoms with Crippen molar-refractivity contribution in [3.8, 4) is 16.3 Å². The van der Waals surface area contributed by atoms with Crippen LogP contribution in [0.1, 0.15) is 18.2 Å². The molecule has 4 nitrogen and oxygen atoms in total. The number of ether oxygens (including phenoxy) is 1. The Labute approximate surface area is 162 Å². The molecule has 0 aliphatic rings. The standard InChI is InChI=1S/C19H18ClNO3S2/c1-2-24-18-8-6-15(7-9-18)19-21-17(11-25-19)13-26(22,23)12-14-4-3-5-16(20)10-14/h3-11H,2,12-13H2,1H3. The topological polar surface area (TPSA) is 56.3 Å². The minimum absolute atomic E-state index is 0.0521. The normalized spacial score (nSPS) is 11.5. The molecule has 7 heteroatoms. The number of benzene rings is 2. The van der Waals surface area contributed by atoms with Crippen LogP contribution < -0.4 is 4.74 Å². The van der Waals surface area contributed by atoms with Crippen molar-refractivity contribution in [2.75, 3.05) is 6.61 Å². The predicted octanol–water partition coefficient (Wildman–Crippen LogP) is 4.98. The zero-order valence-corrected chi connectivity index (χ0v) is 16.6. The van der Waals surface area contributed by atoms with Gasteiger partial charge in [0, 0.05) is 16.0 Å². The van der Waals surface area contributed by atoms with E-state index in [0.29, 0.717) is 22.9 Å². The molecule has 0 aliphatic heterocycles. The molecular formula is C19H18ClNO3S2. The lowest BCUT2D eigenvalue weighted by molar-refractivity contribution is 0.340. The Bertz CT molecular complexity index is 982. The van der Waals surface area contributed by atoms with Crippen LogP contribution >= 0.6 is 22.9 Å². The van der Waals surface area contributed by atoms with Gasteiger partial charge >= 0.3 is 0 Å².